The molecule has 0 unspecified atom stereocenters. The SMILES string of the molecule is Cc1cc(C)nc(N/N=c2/cc(-c3ccccc3)oc3ccccc23)n1. The monoisotopic (exact) mass is 342 g/mol. The summed E-state index contributed by atoms with van der Waals surface area (Å²) in [4.78, 5) is 8.74. The van der Waals surface area contributed by atoms with E-state index in [1.807, 2.05) is 80.6 Å². The molecule has 0 aliphatic carbocycles. The predicted molar refractivity (Wildman–Crippen MR) is 102 cm³/mol. The fourth-order valence-corrected chi connectivity index (χ4v) is 2.84. The first-order valence-corrected chi connectivity index (χ1v) is 8.39. The number of rotatable bonds is 3. The Kier molecular flexibility index (Phi) is 4.19. The summed E-state index contributed by atoms with van der Waals surface area (Å²) in [6.45, 7) is 3.87. The zero-order valence-corrected chi connectivity index (χ0v) is 14.6. The second-order valence-electron chi connectivity index (χ2n) is 6.06. The Hall–Kier alpha value is -3.47. The lowest BCUT2D eigenvalue weighted by atomic mass is 10.1. The van der Waals surface area contributed by atoms with Crippen molar-refractivity contribution < 1.29 is 4.42 Å². The van der Waals surface area contributed by atoms with Gasteiger partial charge < -0.3 is 4.42 Å². The lowest BCUT2D eigenvalue weighted by Crippen LogP contribution is -2.09. The first-order valence-electron chi connectivity index (χ1n) is 8.39. The molecule has 0 saturated carbocycles. The Bertz CT molecular complexity index is 1110. The van der Waals surface area contributed by atoms with Gasteiger partial charge in [0, 0.05) is 28.4 Å². The highest BCUT2D eigenvalue weighted by molar-refractivity contribution is 5.78. The molecule has 128 valence electrons. The van der Waals surface area contributed by atoms with Crippen LogP contribution in [0.2, 0.25) is 0 Å². The average molecular weight is 342 g/mol. The Morgan fingerprint density at radius 2 is 1.54 bits per heavy atom. The molecule has 0 bridgehead atoms. The topological polar surface area (TPSA) is 63.3 Å². The third kappa shape index (κ3) is 3.32. The van der Waals surface area contributed by atoms with Crippen molar-refractivity contribution in [3.8, 4) is 11.3 Å². The van der Waals surface area contributed by atoms with Gasteiger partial charge in [0.1, 0.15) is 11.3 Å². The molecule has 0 atom stereocenters. The number of aromatic nitrogens is 2. The minimum Gasteiger partial charge on any atom is -0.456 e. The Morgan fingerprint density at radius 1 is 0.846 bits per heavy atom. The number of fused-ring (bicyclic) bond motifs is 1. The van der Waals surface area contributed by atoms with Crippen LogP contribution < -0.4 is 10.8 Å². The van der Waals surface area contributed by atoms with Gasteiger partial charge in [-0.1, -0.05) is 42.5 Å². The van der Waals surface area contributed by atoms with Gasteiger partial charge in [-0.05, 0) is 32.0 Å². The highest BCUT2D eigenvalue weighted by atomic mass is 16.3. The van der Waals surface area contributed by atoms with Crippen molar-refractivity contribution in [3.63, 3.8) is 0 Å². The first-order chi connectivity index (χ1) is 12.7. The van der Waals surface area contributed by atoms with Crippen molar-refractivity contribution in [2.45, 2.75) is 13.8 Å². The Morgan fingerprint density at radius 3 is 2.31 bits per heavy atom. The molecule has 2 heterocycles. The summed E-state index contributed by atoms with van der Waals surface area (Å²) >= 11 is 0. The van der Waals surface area contributed by atoms with Gasteiger partial charge in [0.15, 0.2) is 0 Å². The average Bonchev–Trinajstić information content (AvgIpc) is 2.66. The standard InChI is InChI=1S/C21H18N4O/c1-14-12-15(2)23-21(22-14)25-24-18-13-20(16-8-4-3-5-9-16)26-19-11-7-6-10-17(18)19/h3-13H,1-2H3,(H,22,23,25)/b24-18-. The second-order valence-corrected chi connectivity index (χ2v) is 6.06. The predicted octanol–water partition coefficient (Wildman–Crippen LogP) is 4.43. The van der Waals surface area contributed by atoms with Gasteiger partial charge in [-0.2, -0.15) is 5.10 Å². The van der Waals surface area contributed by atoms with Crippen LogP contribution in [0.4, 0.5) is 5.95 Å². The smallest absolute Gasteiger partial charge is 0.243 e. The minimum absolute atomic E-state index is 0.480. The molecule has 0 spiro atoms. The summed E-state index contributed by atoms with van der Waals surface area (Å²) in [6.07, 6.45) is 0. The van der Waals surface area contributed by atoms with Crippen molar-refractivity contribution in [1.29, 1.82) is 0 Å². The molecule has 4 aromatic rings. The summed E-state index contributed by atoms with van der Waals surface area (Å²) in [7, 11) is 0. The van der Waals surface area contributed by atoms with Crippen LogP contribution in [0.15, 0.2) is 76.2 Å². The zero-order valence-electron chi connectivity index (χ0n) is 14.6. The van der Waals surface area contributed by atoms with Gasteiger partial charge in [-0.3, -0.25) is 0 Å². The molecular weight excluding hydrogens is 324 g/mol. The van der Waals surface area contributed by atoms with Crippen LogP contribution in [-0.2, 0) is 0 Å². The molecule has 5 heteroatoms. The summed E-state index contributed by atoms with van der Waals surface area (Å²) in [5.41, 5.74) is 6.54. The van der Waals surface area contributed by atoms with Gasteiger partial charge in [0.2, 0.25) is 5.95 Å². The summed E-state index contributed by atoms with van der Waals surface area (Å²) in [6, 6.07) is 21.7. The number of hydrogen-bond donors (Lipinski definition) is 1. The molecule has 4 rings (SSSR count). The van der Waals surface area contributed by atoms with Crippen LogP contribution in [0.5, 0.6) is 0 Å². The molecule has 0 saturated heterocycles. The van der Waals surface area contributed by atoms with E-state index in [9.17, 15) is 0 Å². The first kappa shape index (κ1) is 16.0. The maximum atomic E-state index is 6.06. The van der Waals surface area contributed by atoms with Crippen LogP contribution in [-0.4, -0.2) is 9.97 Å². The number of para-hydroxylation sites is 1. The Balaban J connectivity index is 1.85. The normalized spacial score (nSPS) is 11.7. The van der Waals surface area contributed by atoms with E-state index in [1.165, 1.54) is 0 Å². The van der Waals surface area contributed by atoms with Crippen molar-refractivity contribution in [2.75, 3.05) is 5.43 Å². The molecular formula is C21H18N4O. The summed E-state index contributed by atoms with van der Waals surface area (Å²) < 4.78 is 6.06. The Labute approximate surface area is 151 Å². The molecule has 0 fully saturated rings. The maximum Gasteiger partial charge on any atom is 0.243 e. The number of benzene rings is 2. The third-order valence-electron chi connectivity index (χ3n) is 3.97. The highest BCUT2D eigenvalue weighted by Gasteiger charge is 2.05. The number of nitrogens with zero attached hydrogens (tertiary/aromatic N) is 3. The van der Waals surface area contributed by atoms with Crippen molar-refractivity contribution >= 4 is 16.9 Å². The molecule has 5 nitrogen and oxygen atoms in total. The van der Waals surface area contributed by atoms with Crippen molar-refractivity contribution in [1.82, 2.24) is 9.97 Å². The van der Waals surface area contributed by atoms with Gasteiger partial charge in [-0.15, -0.1) is 0 Å². The van der Waals surface area contributed by atoms with Crippen LogP contribution in [0, 0.1) is 13.8 Å². The van der Waals surface area contributed by atoms with Crippen LogP contribution >= 0.6 is 0 Å². The molecule has 0 aliphatic rings. The summed E-state index contributed by atoms with van der Waals surface area (Å²) in [5, 5.41) is 6.23. The maximum absolute atomic E-state index is 6.06. The third-order valence-corrected chi connectivity index (χ3v) is 3.97. The minimum atomic E-state index is 0.480. The van der Waals surface area contributed by atoms with E-state index in [2.05, 4.69) is 20.5 Å². The summed E-state index contributed by atoms with van der Waals surface area (Å²) in [5.74, 6) is 1.24. The number of hydrogen-bond acceptors (Lipinski definition) is 5. The van der Waals surface area contributed by atoms with Gasteiger partial charge in [0.25, 0.3) is 0 Å². The van der Waals surface area contributed by atoms with Crippen molar-refractivity contribution in [3.05, 3.63) is 83.5 Å². The van der Waals surface area contributed by atoms with E-state index in [0.717, 1.165) is 39.0 Å². The van der Waals surface area contributed by atoms with Crippen LogP contribution in [0.3, 0.4) is 0 Å². The van der Waals surface area contributed by atoms with Crippen molar-refractivity contribution in [2.24, 2.45) is 5.10 Å². The molecule has 2 aromatic heterocycles. The largest absolute Gasteiger partial charge is 0.456 e. The molecule has 26 heavy (non-hydrogen) atoms. The number of anilines is 1. The lowest BCUT2D eigenvalue weighted by molar-refractivity contribution is 0.618. The lowest BCUT2D eigenvalue weighted by Gasteiger charge is -2.05. The van der Waals surface area contributed by atoms with E-state index in [4.69, 9.17) is 4.42 Å². The van der Waals surface area contributed by atoms with Crippen LogP contribution in [0.25, 0.3) is 22.3 Å². The van der Waals surface area contributed by atoms with E-state index in [0.29, 0.717) is 5.95 Å². The quantitative estimate of drug-likeness (QED) is 0.559. The molecule has 2 aromatic carbocycles. The second kappa shape index (κ2) is 6.80. The van der Waals surface area contributed by atoms with E-state index >= 15 is 0 Å². The van der Waals surface area contributed by atoms with Crippen LogP contribution in [0.1, 0.15) is 11.4 Å². The van der Waals surface area contributed by atoms with Gasteiger partial charge in [-0.25, -0.2) is 15.4 Å². The molecule has 0 aliphatic heterocycles. The fraction of sp³-hybridized carbons (Fsp3) is 0.0952. The zero-order chi connectivity index (χ0) is 17.9. The van der Waals surface area contributed by atoms with Gasteiger partial charge >= 0.3 is 0 Å². The molecule has 1 N–H and O–H groups in total. The number of aryl methyl sites for hydroxylation is 2. The fourth-order valence-electron chi connectivity index (χ4n) is 2.84. The highest BCUT2D eigenvalue weighted by Crippen LogP contribution is 2.21. The van der Waals surface area contributed by atoms with Gasteiger partial charge in [0.05, 0.1) is 5.36 Å². The molecule has 0 radical (unpaired) electrons. The van der Waals surface area contributed by atoms with E-state index < -0.39 is 0 Å². The molecule has 0 amide bonds. The van der Waals surface area contributed by atoms with E-state index in [-0.39, 0.29) is 0 Å². The van der Waals surface area contributed by atoms with E-state index in [1.54, 1.807) is 0 Å². The number of nitrogens with one attached hydrogen (secondary N) is 1.